The van der Waals surface area contributed by atoms with Crippen LogP contribution in [0.4, 0.5) is 0 Å². The number of para-hydroxylation sites is 2. The molecule has 2 rings (SSSR count). The number of aliphatic hydroxyl groups is 1. The Morgan fingerprint density at radius 1 is 0.778 bits per heavy atom. The van der Waals surface area contributed by atoms with Crippen LogP contribution in [0.1, 0.15) is 82.8 Å². The third kappa shape index (κ3) is 10.5. The summed E-state index contributed by atoms with van der Waals surface area (Å²) in [5.41, 5.74) is 1.90. The number of nitrogens with one attached hydrogen (secondary N) is 1. The topological polar surface area (TPSA) is 72.7 Å². The Labute approximate surface area is 219 Å². The summed E-state index contributed by atoms with van der Waals surface area (Å²) in [5.74, 6) is 0.687. The number of likely N-dealkylation sites (N-methyl/N-ethyl adjacent to an activating group) is 1. The molecule has 0 radical (unpaired) electrons. The van der Waals surface area contributed by atoms with E-state index in [1.807, 2.05) is 36.4 Å². The van der Waals surface area contributed by atoms with Crippen LogP contribution in [0.5, 0.6) is 11.5 Å². The van der Waals surface area contributed by atoms with Gasteiger partial charge in [-0.05, 0) is 43.0 Å². The number of rotatable bonds is 19. The Morgan fingerprint density at radius 2 is 1.33 bits per heavy atom. The van der Waals surface area contributed by atoms with Crippen LogP contribution in [0, 0.1) is 0 Å². The van der Waals surface area contributed by atoms with E-state index in [0.29, 0.717) is 22.5 Å². The largest absolute Gasteiger partial charge is 0.508 e. The zero-order chi connectivity index (χ0) is 26.2. The van der Waals surface area contributed by atoms with Gasteiger partial charge < -0.3 is 19.8 Å². The molecule has 5 heteroatoms. The number of aromatic hydroxyl groups is 2. The molecule has 4 N–H and O–H groups in total. The van der Waals surface area contributed by atoms with Crippen molar-refractivity contribution in [1.29, 1.82) is 0 Å². The van der Waals surface area contributed by atoms with Crippen molar-refractivity contribution < 1.29 is 19.8 Å². The summed E-state index contributed by atoms with van der Waals surface area (Å²) in [4.78, 5) is 0. The standard InChI is InChI=1S/C31H50N2O3/c1-4-5-6-7-8-9-10-11-20-31(32-26(2)25-28-17-13-15-19-30(28)36)33(3,23-24-34)22-21-27-16-12-14-18-29(27)35/h12-19,26,31-32,34H,4-11,20-25H2,1-3H3,(H-,35,36)/p+1. The van der Waals surface area contributed by atoms with Gasteiger partial charge in [-0.25, -0.2) is 0 Å². The van der Waals surface area contributed by atoms with Crippen molar-refractivity contribution in [3.8, 4) is 11.5 Å². The van der Waals surface area contributed by atoms with E-state index in [4.69, 9.17) is 0 Å². The predicted molar refractivity (Wildman–Crippen MR) is 150 cm³/mol. The van der Waals surface area contributed by atoms with E-state index < -0.39 is 0 Å². The molecule has 0 heterocycles. The minimum absolute atomic E-state index is 0.126. The van der Waals surface area contributed by atoms with Crippen molar-refractivity contribution >= 4 is 0 Å². The van der Waals surface area contributed by atoms with Crippen molar-refractivity contribution in [2.24, 2.45) is 0 Å². The van der Waals surface area contributed by atoms with E-state index in [1.165, 1.54) is 44.9 Å². The molecule has 2 aromatic rings. The summed E-state index contributed by atoms with van der Waals surface area (Å²) in [6.07, 6.45) is 13.0. The molecule has 5 nitrogen and oxygen atoms in total. The highest BCUT2D eigenvalue weighted by atomic mass is 16.3. The van der Waals surface area contributed by atoms with Crippen molar-refractivity contribution in [2.75, 3.05) is 26.7 Å². The van der Waals surface area contributed by atoms with Gasteiger partial charge in [-0.1, -0.05) is 88.3 Å². The van der Waals surface area contributed by atoms with Crippen LogP contribution in [0.25, 0.3) is 0 Å². The van der Waals surface area contributed by atoms with Gasteiger partial charge in [0.15, 0.2) is 0 Å². The van der Waals surface area contributed by atoms with E-state index in [9.17, 15) is 15.3 Å². The van der Waals surface area contributed by atoms with Gasteiger partial charge in [0.05, 0.1) is 20.2 Å². The number of hydrogen-bond donors (Lipinski definition) is 4. The lowest BCUT2D eigenvalue weighted by atomic mass is 10.0. The number of hydrogen-bond acceptors (Lipinski definition) is 4. The Kier molecular flexibility index (Phi) is 13.9. The monoisotopic (exact) mass is 499 g/mol. The molecule has 3 unspecified atom stereocenters. The molecule has 0 aliphatic rings. The van der Waals surface area contributed by atoms with Gasteiger partial charge in [0.25, 0.3) is 0 Å². The lowest BCUT2D eigenvalue weighted by Gasteiger charge is -2.43. The molecule has 0 aliphatic heterocycles. The first-order chi connectivity index (χ1) is 17.4. The molecule has 202 valence electrons. The zero-order valence-electron chi connectivity index (χ0n) is 23.0. The fourth-order valence-corrected chi connectivity index (χ4v) is 5.20. The van der Waals surface area contributed by atoms with Crippen LogP contribution >= 0.6 is 0 Å². The van der Waals surface area contributed by atoms with E-state index in [2.05, 4.69) is 26.2 Å². The van der Waals surface area contributed by atoms with Gasteiger partial charge in [0.2, 0.25) is 0 Å². The molecule has 0 bridgehead atoms. The average molecular weight is 500 g/mol. The molecule has 0 aromatic heterocycles. The molecular weight excluding hydrogens is 448 g/mol. The van der Waals surface area contributed by atoms with Crippen molar-refractivity contribution in [3.05, 3.63) is 59.7 Å². The molecule has 0 spiro atoms. The molecule has 0 aliphatic carbocycles. The van der Waals surface area contributed by atoms with Crippen LogP contribution in [0.3, 0.4) is 0 Å². The zero-order valence-corrected chi connectivity index (χ0v) is 23.0. The maximum Gasteiger partial charge on any atom is 0.142 e. The Hall–Kier alpha value is -2.08. The highest BCUT2D eigenvalue weighted by Crippen LogP contribution is 2.23. The van der Waals surface area contributed by atoms with Gasteiger partial charge in [0.1, 0.15) is 24.2 Å². The number of benzene rings is 2. The van der Waals surface area contributed by atoms with Gasteiger partial charge in [0, 0.05) is 18.9 Å². The number of phenols is 2. The van der Waals surface area contributed by atoms with Gasteiger partial charge in [-0.2, -0.15) is 0 Å². The molecule has 0 amide bonds. The number of nitrogens with zero attached hydrogens (tertiary/aromatic N) is 1. The normalized spacial score (nSPS) is 14.9. The number of aliphatic hydroxyl groups excluding tert-OH is 1. The number of quaternary nitrogens is 1. The fourth-order valence-electron chi connectivity index (χ4n) is 5.20. The van der Waals surface area contributed by atoms with Crippen LogP contribution in [-0.2, 0) is 12.8 Å². The van der Waals surface area contributed by atoms with Gasteiger partial charge in [-0.3, -0.25) is 5.32 Å². The smallest absolute Gasteiger partial charge is 0.142 e. The number of phenolic OH excluding ortho intramolecular Hbond substituents is 2. The molecule has 3 atom stereocenters. The van der Waals surface area contributed by atoms with Crippen LogP contribution < -0.4 is 5.32 Å². The minimum atomic E-state index is 0.126. The maximum absolute atomic E-state index is 10.3. The maximum atomic E-state index is 10.3. The first-order valence-corrected chi connectivity index (χ1v) is 14.1. The van der Waals surface area contributed by atoms with E-state index in [0.717, 1.165) is 43.4 Å². The summed E-state index contributed by atoms with van der Waals surface area (Å²) >= 11 is 0. The first kappa shape index (κ1) is 30.1. The summed E-state index contributed by atoms with van der Waals surface area (Å²) in [7, 11) is 2.23. The predicted octanol–water partition coefficient (Wildman–Crippen LogP) is 6.16. The highest BCUT2D eigenvalue weighted by Gasteiger charge is 2.33. The average Bonchev–Trinajstić information content (AvgIpc) is 2.86. The minimum Gasteiger partial charge on any atom is -0.508 e. The van der Waals surface area contributed by atoms with Crippen LogP contribution in [-0.4, -0.2) is 58.8 Å². The SMILES string of the molecule is CCCCCCCCCCC(NC(C)Cc1ccccc1O)[N+](C)(CCO)CCc1ccccc1O. The molecule has 0 fully saturated rings. The third-order valence-electron chi connectivity index (χ3n) is 7.57. The van der Waals surface area contributed by atoms with Crippen LogP contribution in [0.15, 0.2) is 48.5 Å². The number of unbranched alkanes of at least 4 members (excludes halogenated alkanes) is 7. The fraction of sp³-hybridized carbons (Fsp3) is 0.613. The quantitative estimate of drug-likeness (QED) is 0.106. The van der Waals surface area contributed by atoms with E-state index in [-0.39, 0.29) is 18.8 Å². The summed E-state index contributed by atoms with van der Waals surface area (Å²) in [5, 5.41) is 34.4. The lowest BCUT2D eigenvalue weighted by Crippen LogP contribution is -2.62. The van der Waals surface area contributed by atoms with Crippen LogP contribution in [0.2, 0.25) is 0 Å². The second-order valence-corrected chi connectivity index (χ2v) is 10.7. The van der Waals surface area contributed by atoms with Gasteiger partial charge >= 0.3 is 0 Å². The second-order valence-electron chi connectivity index (χ2n) is 10.7. The molecule has 36 heavy (non-hydrogen) atoms. The third-order valence-corrected chi connectivity index (χ3v) is 7.57. The highest BCUT2D eigenvalue weighted by molar-refractivity contribution is 5.32. The Bertz CT molecular complexity index is 859. The van der Waals surface area contributed by atoms with E-state index in [1.54, 1.807) is 12.1 Å². The second kappa shape index (κ2) is 16.6. The Balaban J connectivity index is 2.06. The van der Waals surface area contributed by atoms with Crippen molar-refractivity contribution in [2.45, 2.75) is 96.7 Å². The van der Waals surface area contributed by atoms with Gasteiger partial charge in [-0.15, -0.1) is 0 Å². The van der Waals surface area contributed by atoms with Crippen molar-refractivity contribution in [3.63, 3.8) is 0 Å². The summed E-state index contributed by atoms with van der Waals surface area (Å²) < 4.78 is 0.701. The first-order valence-electron chi connectivity index (χ1n) is 14.1. The summed E-state index contributed by atoms with van der Waals surface area (Å²) in [6, 6.07) is 15.3. The lowest BCUT2D eigenvalue weighted by molar-refractivity contribution is -0.937. The van der Waals surface area contributed by atoms with E-state index >= 15 is 0 Å². The Morgan fingerprint density at radius 3 is 1.92 bits per heavy atom. The summed E-state index contributed by atoms with van der Waals surface area (Å²) in [6.45, 7) is 6.05. The van der Waals surface area contributed by atoms with Crippen molar-refractivity contribution in [1.82, 2.24) is 5.32 Å². The molecule has 2 aromatic carbocycles. The molecule has 0 saturated carbocycles. The molecular formula is C31H51N2O3+. The molecule has 0 saturated heterocycles.